The zero-order valence-electron chi connectivity index (χ0n) is 10.7. The number of hydrogen-bond acceptors (Lipinski definition) is 3. The number of carbonyl (C=O) groups is 1. The average molecular weight is 264 g/mol. The van der Waals surface area contributed by atoms with Crippen molar-refractivity contribution >= 4 is 17.2 Å². The minimum absolute atomic E-state index is 0.314. The van der Waals surface area contributed by atoms with Gasteiger partial charge in [-0.25, -0.2) is 0 Å². The molecule has 3 rings (SSSR count). The number of thiophene rings is 1. The Morgan fingerprint density at radius 3 is 2.89 bits per heavy atom. The van der Waals surface area contributed by atoms with E-state index >= 15 is 0 Å². The van der Waals surface area contributed by atoms with Crippen molar-refractivity contribution in [3.63, 3.8) is 0 Å². The summed E-state index contributed by atoms with van der Waals surface area (Å²) in [6, 6.07) is 2.17. The van der Waals surface area contributed by atoms with Crippen molar-refractivity contribution in [2.75, 3.05) is 26.2 Å². The average Bonchev–Trinajstić information content (AvgIpc) is 2.87. The van der Waals surface area contributed by atoms with Crippen molar-refractivity contribution in [1.29, 1.82) is 0 Å². The molecule has 2 aliphatic heterocycles. The second kappa shape index (κ2) is 5.41. The third kappa shape index (κ3) is 2.59. The molecule has 0 atom stereocenters. The van der Waals surface area contributed by atoms with Crippen molar-refractivity contribution in [3.05, 3.63) is 21.9 Å². The molecule has 1 aromatic rings. The molecule has 0 bridgehead atoms. The van der Waals surface area contributed by atoms with E-state index in [0.717, 1.165) is 32.6 Å². The minimum atomic E-state index is 0.314. The first-order valence-corrected chi connectivity index (χ1v) is 7.76. The first-order valence-electron chi connectivity index (χ1n) is 6.88. The summed E-state index contributed by atoms with van der Waals surface area (Å²) in [5.74, 6) is 0.314. The lowest BCUT2D eigenvalue weighted by molar-refractivity contribution is -0.133. The Balaban J connectivity index is 1.57. The number of fused-ring (bicyclic) bond motifs is 1. The third-order valence-electron chi connectivity index (χ3n) is 3.97. The van der Waals surface area contributed by atoms with Gasteiger partial charge >= 0.3 is 0 Å². The minimum Gasteiger partial charge on any atom is -0.337 e. The van der Waals surface area contributed by atoms with Crippen LogP contribution in [0.5, 0.6) is 0 Å². The van der Waals surface area contributed by atoms with Crippen molar-refractivity contribution in [3.8, 4) is 0 Å². The Labute approximate surface area is 112 Å². The monoisotopic (exact) mass is 264 g/mol. The van der Waals surface area contributed by atoms with Crippen LogP contribution < -0.4 is 0 Å². The molecule has 3 heterocycles. The lowest BCUT2D eigenvalue weighted by Gasteiger charge is -2.31. The van der Waals surface area contributed by atoms with Crippen LogP contribution in [0, 0.1) is 0 Å². The summed E-state index contributed by atoms with van der Waals surface area (Å²) in [7, 11) is 0. The molecule has 0 saturated carbocycles. The van der Waals surface area contributed by atoms with Crippen LogP contribution in [0.4, 0.5) is 0 Å². The van der Waals surface area contributed by atoms with Gasteiger partial charge in [0, 0.05) is 18.0 Å². The van der Waals surface area contributed by atoms with Gasteiger partial charge in [-0.1, -0.05) is 6.42 Å². The Bertz CT molecular complexity index is 423. The van der Waals surface area contributed by atoms with Gasteiger partial charge in [-0.15, -0.1) is 11.3 Å². The molecule has 0 aliphatic carbocycles. The van der Waals surface area contributed by atoms with Crippen molar-refractivity contribution in [2.24, 2.45) is 0 Å². The molecule has 1 aromatic heterocycles. The number of nitrogens with zero attached hydrogens (tertiary/aromatic N) is 2. The molecule has 4 heteroatoms. The van der Waals surface area contributed by atoms with Gasteiger partial charge in [0.25, 0.3) is 0 Å². The summed E-state index contributed by atoms with van der Waals surface area (Å²) in [5, 5.41) is 2.14. The molecule has 1 saturated heterocycles. The van der Waals surface area contributed by atoms with Crippen LogP contribution in [0.3, 0.4) is 0 Å². The Kier molecular flexibility index (Phi) is 3.66. The Morgan fingerprint density at radius 1 is 1.22 bits per heavy atom. The smallest absolute Gasteiger partial charge is 0.237 e. The predicted octanol–water partition coefficient (Wildman–Crippen LogP) is 2.12. The summed E-state index contributed by atoms with van der Waals surface area (Å²) >= 11 is 1.83. The van der Waals surface area contributed by atoms with E-state index in [0.29, 0.717) is 12.5 Å². The molecule has 3 nitrogen and oxygen atoms in total. The lowest BCUT2D eigenvalue weighted by atomic mass is 10.1. The third-order valence-corrected chi connectivity index (χ3v) is 4.99. The number of hydrogen-bond donors (Lipinski definition) is 0. The molecule has 0 N–H and O–H groups in total. The van der Waals surface area contributed by atoms with E-state index in [9.17, 15) is 4.79 Å². The molecule has 0 radical (unpaired) electrons. The molecule has 1 fully saturated rings. The zero-order chi connectivity index (χ0) is 12.4. The molecular formula is C14H20N2OS. The maximum atomic E-state index is 12.3. The van der Waals surface area contributed by atoms with Gasteiger partial charge in [-0.05, 0) is 49.4 Å². The maximum Gasteiger partial charge on any atom is 0.237 e. The van der Waals surface area contributed by atoms with Gasteiger partial charge in [0.1, 0.15) is 0 Å². The lowest BCUT2D eigenvalue weighted by Crippen LogP contribution is -2.43. The van der Waals surface area contributed by atoms with E-state index in [-0.39, 0.29) is 0 Å². The van der Waals surface area contributed by atoms with Gasteiger partial charge in [-0.2, -0.15) is 0 Å². The number of carbonyl (C=O) groups excluding carboxylic acids is 1. The van der Waals surface area contributed by atoms with E-state index in [1.807, 2.05) is 16.2 Å². The van der Waals surface area contributed by atoms with Crippen LogP contribution in [0.25, 0.3) is 0 Å². The largest absolute Gasteiger partial charge is 0.337 e. The van der Waals surface area contributed by atoms with Crippen LogP contribution in [-0.2, 0) is 17.8 Å². The maximum absolute atomic E-state index is 12.3. The first-order chi connectivity index (χ1) is 8.83. The van der Waals surface area contributed by atoms with Gasteiger partial charge in [0.05, 0.1) is 6.54 Å². The normalized spacial score (nSPS) is 20.8. The second-order valence-corrected chi connectivity index (χ2v) is 6.27. The van der Waals surface area contributed by atoms with E-state index in [1.54, 1.807) is 0 Å². The highest BCUT2D eigenvalue weighted by Gasteiger charge is 2.23. The molecule has 0 aromatic carbocycles. The predicted molar refractivity (Wildman–Crippen MR) is 73.7 cm³/mol. The molecule has 0 spiro atoms. The van der Waals surface area contributed by atoms with E-state index < -0.39 is 0 Å². The fourth-order valence-electron chi connectivity index (χ4n) is 2.87. The fraction of sp³-hybridized carbons (Fsp3) is 0.643. The Hall–Kier alpha value is -0.870. The number of amides is 1. The second-order valence-electron chi connectivity index (χ2n) is 5.27. The summed E-state index contributed by atoms with van der Waals surface area (Å²) < 4.78 is 0. The van der Waals surface area contributed by atoms with Crippen LogP contribution in [0.2, 0.25) is 0 Å². The highest BCUT2D eigenvalue weighted by atomic mass is 32.1. The Morgan fingerprint density at radius 2 is 2.06 bits per heavy atom. The van der Waals surface area contributed by atoms with Crippen molar-refractivity contribution < 1.29 is 4.79 Å². The quantitative estimate of drug-likeness (QED) is 0.817. The standard InChI is InChI=1S/C14H20N2OS/c17-14(11-15-6-2-1-3-7-15)16-8-4-13-12(10-16)5-9-18-13/h5,9H,1-4,6-8,10-11H2. The van der Waals surface area contributed by atoms with Crippen molar-refractivity contribution in [1.82, 2.24) is 9.80 Å². The number of piperidine rings is 1. The van der Waals surface area contributed by atoms with Crippen LogP contribution in [0.15, 0.2) is 11.4 Å². The van der Waals surface area contributed by atoms with Gasteiger partial charge in [0.2, 0.25) is 5.91 Å². The summed E-state index contributed by atoms with van der Waals surface area (Å²) in [6.07, 6.45) is 4.87. The highest BCUT2D eigenvalue weighted by molar-refractivity contribution is 7.10. The highest BCUT2D eigenvalue weighted by Crippen LogP contribution is 2.24. The summed E-state index contributed by atoms with van der Waals surface area (Å²) in [4.78, 5) is 18.1. The van der Waals surface area contributed by atoms with E-state index in [2.05, 4.69) is 16.3 Å². The van der Waals surface area contributed by atoms with Gasteiger partial charge < -0.3 is 4.90 Å². The fourth-order valence-corrected chi connectivity index (χ4v) is 3.76. The van der Waals surface area contributed by atoms with Crippen LogP contribution >= 0.6 is 11.3 Å². The zero-order valence-corrected chi connectivity index (χ0v) is 11.5. The SMILES string of the molecule is O=C(CN1CCCCC1)N1CCc2sccc2C1. The first kappa shape index (κ1) is 12.2. The number of likely N-dealkylation sites (tertiary alicyclic amines) is 1. The van der Waals surface area contributed by atoms with E-state index in [4.69, 9.17) is 0 Å². The molecule has 18 heavy (non-hydrogen) atoms. The summed E-state index contributed by atoms with van der Waals surface area (Å²) in [5.41, 5.74) is 1.36. The van der Waals surface area contributed by atoms with Crippen molar-refractivity contribution in [2.45, 2.75) is 32.2 Å². The molecule has 98 valence electrons. The summed E-state index contributed by atoms with van der Waals surface area (Å²) in [6.45, 7) is 4.55. The van der Waals surface area contributed by atoms with E-state index in [1.165, 1.54) is 29.7 Å². The van der Waals surface area contributed by atoms with Crippen LogP contribution in [0.1, 0.15) is 29.7 Å². The topological polar surface area (TPSA) is 23.6 Å². The molecule has 2 aliphatic rings. The van der Waals surface area contributed by atoms with Gasteiger partial charge in [0.15, 0.2) is 0 Å². The van der Waals surface area contributed by atoms with Crippen LogP contribution in [-0.4, -0.2) is 41.9 Å². The molecular weight excluding hydrogens is 244 g/mol. The molecule has 0 unspecified atom stereocenters. The number of rotatable bonds is 2. The molecule has 1 amide bonds. The van der Waals surface area contributed by atoms with Gasteiger partial charge in [-0.3, -0.25) is 9.69 Å².